The molecule has 148 valence electrons. The van der Waals surface area contributed by atoms with Gasteiger partial charge in [-0.2, -0.15) is 0 Å². The molecule has 2 atom stereocenters. The molecule has 3 aliphatic heterocycles. The molecule has 0 radical (unpaired) electrons. The van der Waals surface area contributed by atoms with Gasteiger partial charge < -0.3 is 4.90 Å². The molecular formula is C23H23N3O3. The Morgan fingerprint density at radius 2 is 1.76 bits per heavy atom. The van der Waals surface area contributed by atoms with Crippen LogP contribution in [0, 0.1) is 5.41 Å². The lowest BCUT2D eigenvalue weighted by Crippen LogP contribution is -2.71. The van der Waals surface area contributed by atoms with Crippen molar-refractivity contribution >= 4 is 23.5 Å². The van der Waals surface area contributed by atoms with Crippen LogP contribution in [0.5, 0.6) is 0 Å². The number of carbonyl (C=O) groups is 3. The first-order valence-electron chi connectivity index (χ1n) is 10.2. The van der Waals surface area contributed by atoms with Gasteiger partial charge in [0.25, 0.3) is 0 Å². The fraction of sp³-hybridized carbons (Fsp3) is 0.348. The lowest BCUT2D eigenvalue weighted by atomic mass is 9.68. The van der Waals surface area contributed by atoms with E-state index in [4.69, 9.17) is 0 Å². The Morgan fingerprint density at radius 1 is 1.00 bits per heavy atom. The van der Waals surface area contributed by atoms with E-state index in [-0.39, 0.29) is 18.5 Å². The zero-order valence-corrected chi connectivity index (χ0v) is 16.1. The van der Waals surface area contributed by atoms with Crippen LogP contribution in [0.2, 0.25) is 0 Å². The Balaban J connectivity index is 1.51. The number of urea groups is 1. The molecule has 2 aromatic carbocycles. The molecule has 3 heterocycles. The summed E-state index contributed by atoms with van der Waals surface area (Å²) < 4.78 is 0. The molecular weight excluding hydrogens is 366 g/mol. The molecule has 6 heteroatoms. The molecule has 5 rings (SSSR count). The molecule has 0 saturated carbocycles. The summed E-state index contributed by atoms with van der Waals surface area (Å²) in [4.78, 5) is 42.9. The maximum absolute atomic E-state index is 13.7. The lowest BCUT2D eigenvalue weighted by molar-refractivity contribution is -0.153. The van der Waals surface area contributed by atoms with E-state index in [0.29, 0.717) is 12.8 Å². The summed E-state index contributed by atoms with van der Waals surface area (Å²) >= 11 is 0. The van der Waals surface area contributed by atoms with Crippen LogP contribution in [0.25, 0.3) is 0 Å². The maximum Gasteiger partial charge on any atom is 0.330 e. The van der Waals surface area contributed by atoms with Gasteiger partial charge in [-0.15, -0.1) is 0 Å². The van der Waals surface area contributed by atoms with Crippen LogP contribution < -0.4 is 10.2 Å². The minimum Gasteiger partial charge on any atom is -0.367 e. The molecule has 2 saturated heterocycles. The highest BCUT2D eigenvalue weighted by molar-refractivity contribution is 6.20. The standard InChI is InChI=1S/C23H23N3O3/c27-20-23(15-17-9-4-5-10-18(17)25-13-6-11-19(23)25)21(28)26(22(29)24-20)14-12-16-7-2-1-3-8-16/h1-5,7-10,19H,6,11-15H2,(H,24,27,29)/t19-,23+/m1/s1. The maximum atomic E-state index is 13.7. The average molecular weight is 389 g/mol. The van der Waals surface area contributed by atoms with E-state index >= 15 is 0 Å². The SMILES string of the molecule is O=C1NC(=O)[C@@]2(Cc3ccccc3N3CCC[C@@H]32)C(=O)N1CCc1ccccc1. The van der Waals surface area contributed by atoms with Gasteiger partial charge in [0.05, 0.1) is 6.04 Å². The summed E-state index contributed by atoms with van der Waals surface area (Å²) in [6.45, 7) is 1.08. The summed E-state index contributed by atoms with van der Waals surface area (Å²) in [6.07, 6.45) is 2.60. The summed E-state index contributed by atoms with van der Waals surface area (Å²) in [5.74, 6) is -0.802. The first kappa shape index (κ1) is 17.9. The number of fused-ring (bicyclic) bond motifs is 4. The molecule has 29 heavy (non-hydrogen) atoms. The van der Waals surface area contributed by atoms with Gasteiger partial charge in [-0.3, -0.25) is 19.8 Å². The number of hydrogen-bond acceptors (Lipinski definition) is 4. The third-order valence-corrected chi connectivity index (χ3v) is 6.56. The minimum atomic E-state index is -1.24. The Morgan fingerprint density at radius 3 is 2.59 bits per heavy atom. The smallest absolute Gasteiger partial charge is 0.330 e. The van der Waals surface area contributed by atoms with Crippen molar-refractivity contribution in [1.29, 1.82) is 0 Å². The van der Waals surface area contributed by atoms with E-state index in [1.807, 2.05) is 48.5 Å². The Bertz CT molecular complexity index is 990. The number of amides is 4. The van der Waals surface area contributed by atoms with E-state index in [0.717, 1.165) is 36.2 Å². The topological polar surface area (TPSA) is 69.7 Å². The molecule has 2 fully saturated rings. The van der Waals surface area contributed by atoms with E-state index in [1.165, 1.54) is 4.90 Å². The number of nitrogens with one attached hydrogen (secondary N) is 1. The Labute approximate surface area is 169 Å². The number of barbiturate groups is 1. The van der Waals surface area contributed by atoms with Crippen molar-refractivity contribution in [1.82, 2.24) is 10.2 Å². The summed E-state index contributed by atoms with van der Waals surface area (Å²) in [7, 11) is 0. The number of anilines is 1. The van der Waals surface area contributed by atoms with Crippen molar-refractivity contribution in [3.05, 3.63) is 65.7 Å². The number of para-hydroxylation sites is 1. The second kappa shape index (κ2) is 6.72. The predicted molar refractivity (Wildman–Crippen MR) is 108 cm³/mol. The molecule has 0 unspecified atom stereocenters. The van der Waals surface area contributed by atoms with Gasteiger partial charge >= 0.3 is 6.03 Å². The third kappa shape index (κ3) is 2.66. The van der Waals surface area contributed by atoms with E-state index in [9.17, 15) is 14.4 Å². The zero-order valence-electron chi connectivity index (χ0n) is 16.1. The first-order chi connectivity index (χ1) is 14.1. The van der Waals surface area contributed by atoms with E-state index < -0.39 is 17.4 Å². The number of carbonyl (C=O) groups excluding carboxylic acids is 3. The second-order valence-electron chi connectivity index (χ2n) is 8.08. The summed E-state index contributed by atoms with van der Waals surface area (Å²) in [5.41, 5.74) is 1.91. The lowest BCUT2D eigenvalue weighted by Gasteiger charge is -2.49. The number of benzene rings is 2. The Kier molecular flexibility index (Phi) is 4.15. The van der Waals surface area contributed by atoms with Crippen LogP contribution in [0.15, 0.2) is 54.6 Å². The van der Waals surface area contributed by atoms with Crippen molar-refractivity contribution in [3.8, 4) is 0 Å². The normalized spacial score (nSPS) is 25.8. The summed E-state index contributed by atoms with van der Waals surface area (Å²) in [6, 6.07) is 16.9. The molecule has 1 N–H and O–H groups in total. The van der Waals surface area contributed by atoms with Crippen LogP contribution in [0.3, 0.4) is 0 Å². The molecule has 1 spiro atoms. The average Bonchev–Trinajstić information content (AvgIpc) is 3.23. The van der Waals surface area contributed by atoms with Gasteiger partial charge in [-0.1, -0.05) is 48.5 Å². The number of imide groups is 2. The minimum absolute atomic E-state index is 0.211. The van der Waals surface area contributed by atoms with E-state index in [2.05, 4.69) is 16.3 Å². The monoisotopic (exact) mass is 389 g/mol. The molecule has 0 aliphatic carbocycles. The molecule has 4 amide bonds. The van der Waals surface area contributed by atoms with Crippen LogP contribution in [0.4, 0.5) is 10.5 Å². The highest BCUT2D eigenvalue weighted by atomic mass is 16.2. The first-order valence-corrected chi connectivity index (χ1v) is 10.2. The van der Waals surface area contributed by atoms with Gasteiger partial charge in [0.2, 0.25) is 11.8 Å². The number of nitrogens with zero attached hydrogens (tertiary/aromatic N) is 2. The Hall–Kier alpha value is -3.15. The van der Waals surface area contributed by atoms with Gasteiger partial charge in [-0.05, 0) is 42.9 Å². The molecule has 0 aromatic heterocycles. The third-order valence-electron chi connectivity index (χ3n) is 6.56. The quantitative estimate of drug-likeness (QED) is 0.819. The zero-order chi connectivity index (χ0) is 20.0. The summed E-state index contributed by atoms with van der Waals surface area (Å²) in [5, 5.41) is 2.50. The largest absolute Gasteiger partial charge is 0.367 e. The number of hydrogen-bond donors (Lipinski definition) is 1. The van der Waals surface area contributed by atoms with Crippen molar-refractivity contribution < 1.29 is 14.4 Å². The molecule has 2 aromatic rings. The van der Waals surface area contributed by atoms with Gasteiger partial charge in [0, 0.05) is 18.8 Å². The van der Waals surface area contributed by atoms with E-state index in [1.54, 1.807) is 0 Å². The van der Waals surface area contributed by atoms with Crippen molar-refractivity contribution in [3.63, 3.8) is 0 Å². The number of rotatable bonds is 3. The van der Waals surface area contributed by atoms with Crippen molar-refractivity contribution in [2.24, 2.45) is 5.41 Å². The van der Waals surface area contributed by atoms with Crippen LogP contribution in [-0.4, -0.2) is 41.9 Å². The molecule has 6 nitrogen and oxygen atoms in total. The highest BCUT2D eigenvalue weighted by Gasteiger charge is 2.62. The van der Waals surface area contributed by atoms with Crippen molar-refractivity contribution in [2.45, 2.75) is 31.7 Å². The van der Waals surface area contributed by atoms with Gasteiger partial charge in [0.15, 0.2) is 5.41 Å². The molecule has 0 bridgehead atoms. The van der Waals surface area contributed by atoms with Crippen LogP contribution >= 0.6 is 0 Å². The molecule has 3 aliphatic rings. The van der Waals surface area contributed by atoms with Crippen LogP contribution in [0.1, 0.15) is 24.0 Å². The highest BCUT2D eigenvalue weighted by Crippen LogP contribution is 2.48. The second-order valence-corrected chi connectivity index (χ2v) is 8.08. The van der Waals surface area contributed by atoms with Gasteiger partial charge in [0.1, 0.15) is 0 Å². The predicted octanol–water partition coefficient (Wildman–Crippen LogP) is 2.52. The van der Waals surface area contributed by atoms with Crippen LogP contribution in [-0.2, 0) is 22.4 Å². The fourth-order valence-electron chi connectivity index (χ4n) is 5.17. The van der Waals surface area contributed by atoms with Gasteiger partial charge in [-0.25, -0.2) is 4.79 Å². The van der Waals surface area contributed by atoms with Crippen molar-refractivity contribution in [2.75, 3.05) is 18.0 Å². The fourth-order valence-corrected chi connectivity index (χ4v) is 5.17.